The van der Waals surface area contributed by atoms with Crippen molar-refractivity contribution in [3.8, 4) is 22.5 Å². The first-order valence-electron chi connectivity index (χ1n) is 36.0. The molecule has 8 aliphatic rings. The molecular weight excluding hydrogens is 1200 g/mol. The number of fused-ring (bicyclic) bond motifs is 3. The van der Waals surface area contributed by atoms with Gasteiger partial charge >= 0.3 is 0 Å². The smallest absolute Gasteiger partial charge is 0.139 e. The number of aryl methyl sites for hydroxylation is 1. The maximum Gasteiger partial charge on any atom is 0.139 e. The van der Waals surface area contributed by atoms with E-state index in [0.29, 0.717) is 12.6 Å². The Labute approximate surface area is 568 Å². The summed E-state index contributed by atoms with van der Waals surface area (Å²) in [6, 6.07) is 40.0. The number of imidazole rings is 3. The summed E-state index contributed by atoms with van der Waals surface area (Å²) >= 11 is 0. The zero-order valence-corrected chi connectivity index (χ0v) is 56.2. The number of anilines is 4. The van der Waals surface area contributed by atoms with E-state index in [1.54, 1.807) is 0 Å². The van der Waals surface area contributed by atoms with E-state index in [-0.39, 0.29) is 17.6 Å². The third-order valence-electron chi connectivity index (χ3n) is 22.6. The van der Waals surface area contributed by atoms with Crippen LogP contribution in [0.5, 0.6) is 0 Å². The molecule has 7 fully saturated rings. The monoisotopic (exact) mass is 1290 g/mol. The Morgan fingerprint density at radius 1 is 0.495 bits per heavy atom. The summed E-state index contributed by atoms with van der Waals surface area (Å²) in [5, 5.41) is 0. The van der Waals surface area contributed by atoms with Crippen LogP contribution in [0, 0.1) is 6.92 Å². The second-order valence-corrected chi connectivity index (χ2v) is 28.4. The van der Waals surface area contributed by atoms with Gasteiger partial charge in [-0.25, -0.2) is 19.9 Å². The van der Waals surface area contributed by atoms with E-state index < -0.39 is 0 Å². The Morgan fingerprint density at radius 3 is 1.84 bits per heavy atom. The molecule has 496 valence electrons. The number of hydrogen-bond donors (Lipinski definition) is 0. The second-order valence-electron chi connectivity index (χ2n) is 28.4. The van der Waals surface area contributed by atoms with E-state index in [1.165, 1.54) is 40.7 Å². The van der Waals surface area contributed by atoms with Gasteiger partial charge in [0.1, 0.15) is 40.2 Å². The molecule has 18 rings (SSSR count). The summed E-state index contributed by atoms with van der Waals surface area (Å²) in [5.74, 6) is 4.62. The van der Waals surface area contributed by atoms with E-state index in [2.05, 4.69) is 204 Å². The summed E-state index contributed by atoms with van der Waals surface area (Å²) < 4.78 is 7.08. The van der Waals surface area contributed by atoms with Gasteiger partial charge in [-0.1, -0.05) is 30.3 Å². The predicted octanol–water partition coefficient (Wildman–Crippen LogP) is 10.9. The topological polar surface area (TPSA) is 145 Å². The summed E-state index contributed by atoms with van der Waals surface area (Å²) in [7, 11) is 2.24. The highest BCUT2D eigenvalue weighted by Gasteiger charge is 2.55. The second kappa shape index (κ2) is 25.4. The van der Waals surface area contributed by atoms with Crippen molar-refractivity contribution in [2.45, 2.75) is 101 Å². The van der Waals surface area contributed by atoms with Gasteiger partial charge in [-0.2, -0.15) is 0 Å². The fourth-order valence-electron chi connectivity index (χ4n) is 17.4. The van der Waals surface area contributed by atoms with Crippen molar-refractivity contribution in [2.75, 3.05) is 131 Å². The van der Waals surface area contributed by atoms with Gasteiger partial charge in [0.15, 0.2) is 0 Å². The molecule has 1 saturated carbocycles. The normalized spacial score (nSPS) is 22.1. The fraction of sp³-hybridized carbons (Fsp3) is 0.429. The number of aliphatic imine (C=N–C) groups is 1. The maximum atomic E-state index is 5.66. The van der Waals surface area contributed by atoms with Gasteiger partial charge in [0.05, 0.1) is 69.2 Å². The molecule has 10 aromatic rings. The minimum atomic E-state index is -0.0787. The largest absolute Gasteiger partial charge is 0.371 e. The summed E-state index contributed by atoms with van der Waals surface area (Å²) in [6.07, 6.45) is 24.8. The molecule has 0 spiro atoms. The van der Waals surface area contributed by atoms with Crippen LogP contribution in [0.4, 0.5) is 23.3 Å². The van der Waals surface area contributed by atoms with Gasteiger partial charge in [-0.3, -0.25) is 47.8 Å². The highest BCUT2D eigenvalue weighted by Crippen LogP contribution is 2.56. The highest BCUT2D eigenvalue weighted by molar-refractivity contribution is 5.73. The molecule has 0 bridgehead atoms. The van der Waals surface area contributed by atoms with Crippen molar-refractivity contribution >= 4 is 46.4 Å². The SMILES string of the molecule is Cc1cccnc1C1CCCN1C1(c2cn3c(N4CCN(C)CC4)cc(-c4cccc(C5CCCN5Cc5nc6ccc(-c7cccc(C8CCCN8Cc8nc9ccccn9c8N8CCN(C9=CC=NCC9)CC8)n7)cn6c5N5CCN(c6ccccn6)CC5)n4)cc3n2)CC1. The Balaban J connectivity index is 0.635. The number of likely N-dealkylation sites (tertiary alicyclic amines) is 3. The minimum absolute atomic E-state index is 0.0787. The minimum Gasteiger partial charge on any atom is -0.371 e. The lowest BCUT2D eigenvalue weighted by Gasteiger charge is -2.39. The lowest BCUT2D eigenvalue weighted by atomic mass is 10.0. The molecule has 0 aromatic carbocycles. The van der Waals surface area contributed by atoms with Crippen LogP contribution < -0.4 is 19.6 Å². The van der Waals surface area contributed by atoms with Crippen LogP contribution >= 0.6 is 0 Å². The number of nitrogens with zero attached hydrogens (tertiary/aromatic N) is 20. The zero-order chi connectivity index (χ0) is 64.6. The zero-order valence-electron chi connectivity index (χ0n) is 56.2. The van der Waals surface area contributed by atoms with Crippen LogP contribution in [0.3, 0.4) is 0 Å². The average Bonchev–Trinajstić information content (AvgIpc) is 1.56. The van der Waals surface area contributed by atoms with Crippen molar-refractivity contribution in [3.05, 3.63) is 192 Å². The van der Waals surface area contributed by atoms with Gasteiger partial charge in [0, 0.05) is 159 Å². The van der Waals surface area contributed by atoms with Crippen molar-refractivity contribution < 1.29 is 0 Å². The van der Waals surface area contributed by atoms with E-state index in [1.807, 2.05) is 24.7 Å². The first kappa shape index (κ1) is 60.3. The maximum absolute atomic E-state index is 5.66. The molecule has 0 amide bonds. The Morgan fingerprint density at radius 2 is 1.14 bits per heavy atom. The number of dihydropyridines is 1. The van der Waals surface area contributed by atoms with Gasteiger partial charge in [-0.05, 0) is 175 Å². The Kier molecular flexibility index (Phi) is 15.8. The van der Waals surface area contributed by atoms with Crippen LogP contribution in [0.2, 0.25) is 0 Å². The number of likely N-dealkylation sites (N-methyl/N-ethyl adjacent to an activating group) is 1. The lowest BCUT2D eigenvalue weighted by Crippen LogP contribution is -2.47. The third kappa shape index (κ3) is 11.4. The number of aromatic nitrogens is 10. The van der Waals surface area contributed by atoms with Gasteiger partial charge < -0.3 is 29.4 Å². The van der Waals surface area contributed by atoms with E-state index in [9.17, 15) is 0 Å². The van der Waals surface area contributed by atoms with Gasteiger partial charge in [0.2, 0.25) is 0 Å². The molecule has 17 heterocycles. The van der Waals surface area contributed by atoms with E-state index in [0.717, 1.165) is 236 Å². The number of allylic oxidation sites excluding steroid dienone is 1. The van der Waals surface area contributed by atoms with Crippen LogP contribution in [-0.4, -0.2) is 191 Å². The molecule has 0 radical (unpaired) electrons. The summed E-state index contributed by atoms with van der Waals surface area (Å²) in [6.45, 7) is 18.9. The van der Waals surface area contributed by atoms with Gasteiger partial charge in [-0.15, -0.1) is 0 Å². The van der Waals surface area contributed by atoms with Crippen molar-refractivity contribution in [1.82, 2.24) is 72.6 Å². The molecule has 1 aliphatic carbocycles. The van der Waals surface area contributed by atoms with Crippen LogP contribution in [-0.2, 0) is 18.6 Å². The van der Waals surface area contributed by atoms with Crippen molar-refractivity contribution in [2.24, 2.45) is 4.99 Å². The third-order valence-corrected chi connectivity index (χ3v) is 22.6. The van der Waals surface area contributed by atoms with E-state index >= 15 is 0 Å². The molecule has 6 saturated heterocycles. The number of rotatable bonds is 16. The fourth-order valence-corrected chi connectivity index (χ4v) is 17.4. The molecule has 10 aromatic heterocycles. The van der Waals surface area contributed by atoms with Crippen LogP contribution in [0.25, 0.3) is 39.5 Å². The number of pyridine rings is 7. The molecule has 0 N–H and O–H groups in total. The molecular formula is C77H88N20. The average molecular weight is 1290 g/mol. The van der Waals surface area contributed by atoms with Crippen LogP contribution in [0.1, 0.15) is 116 Å². The number of piperazine rings is 3. The molecule has 3 atom stereocenters. The first-order valence-corrected chi connectivity index (χ1v) is 36.0. The first-order chi connectivity index (χ1) is 47.8. The van der Waals surface area contributed by atoms with Crippen molar-refractivity contribution in [3.63, 3.8) is 0 Å². The Hall–Kier alpha value is -9.08. The van der Waals surface area contributed by atoms with Gasteiger partial charge in [0.25, 0.3) is 0 Å². The van der Waals surface area contributed by atoms with Crippen LogP contribution in [0.15, 0.2) is 157 Å². The summed E-state index contributed by atoms with van der Waals surface area (Å²) in [5.41, 5.74) is 16.6. The molecule has 97 heavy (non-hydrogen) atoms. The quantitative estimate of drug-likeness (QED) is 0.0904. The molecule has 20 nitrogen and oxygen atoms in total. The Bertz CT molecular complexity index is 4580. The summed E-state index contributed by atoms with van der Waals surface area (Å²) in [4.78, 5) is 65.2. The molecule has 7 aliphatic heterocycles. The number of hydrogen-bond acceptors (Lipinski definition) is 17. The molecule has 3 unspecified atom stereocenters. The standard InChI is InChI=1S/C77H88N20/c1-55-13-9-30-80-74(55)67-20-12-36-97(67)77(27-28-77)68-54-95-72(85-68)49-57(50-73(95)89-39-37-86(2)38-40-89)60-15-8-17-62(82-60)66-19-11-34-93(66)53-64-76(91-47-43-88(44-48-91)69-21-3-5-29-79-69)96-51-56(23-24-71(96)84-64)59-14-7-16-61(81-59)65-18-10-33-92(65)52-63-75(94-35-6-4-22-70(94)83-63)90-45-41-87(42-46-90)58-25-31-78-32-26-58/h3-9,13-17,21-25,29-31,35,49-51,54,65-67H,10-12,18-20,26-28,32-34,36-48,52-53H2,1-2H3. The highest BCUT2D eigenvalue weighted by atomic mass is 15.4. The lowest BCUT2D eigenvalue weighted by molar-refractivity contribution is 0.153. The molecule has 20 heteroatoms. The van der Waals surface area contributed by atoms with E-state index in [4.69, 9.17) is 34.9 Å². The van der Waals surface area contributed by atoms with Crippen molar-refractivity contribution in [1.29, 1.82) is 0 Å². The predicted molar refractivity (Wildman–Crippen MR) is 384 cm³/mol.